The number of nitrogens with zero attached hydrogens (tertiary/aromatic N) is 2. The Hall–Kier alpha value is -1.90. The quantitative estimate of drug-likeness (QED) is 0.736. The van der Waals surface area contributed by atoms with Crippen LogP contribution in [0, 0.1) is 0 Å². The molecule has 0 aliphatic carbocycles. The molecule has 0 spiro atoms. The first-order valence-electron chi connectivity index (χ1n) is 5.32. The SMILES string of the molecule is CC(C)c1ccc(-n2nccc2C=O)cc1. The summed E-state index contributed by atoms with van der Waals surface area (Å²) in [5.74, 6) is 0.511. The van der Waals surface area contributed by atoms with Crippen LogP contribution in [0.25, 0.3) is 5.69 Å². The van der Waals surface area contributed by atoms with Crippen molar-refractivity contribution < 1.29 is 4.79 Å². The van der Waals surface area contributed by atoms with E-state index in [-0.39, 0.29) is 0 Å². The van der Waals surface area contributed by atoms with E-state index in [9.17, 15) is 4.79 Å². The maximum Gasteiger partial charge on any atom is 0.168 e. The van der Waals surface area contributed by atoms with Crippen LogP contribution in [0.2, 0.25) is 0 Å². The fraction of sp³-hybridized carbons (Fsp3) is 0.231. The number of hydrogen-bond acceptors (Lipinski definition) is 2. The van der Waals surface area contributed by atoms with Gasteiger partial charge in [-0.3, -0.25) is 4.79 Å². The zero-order chi connectivity index (χ0) is 11.5. The van der Waals surface area contributed by atoms with Crippen molar-refractivity contribution in [2.24, 2.45) is 0 Å². The number of carbonyl (C=O) groups is 1. The third-order valence-corrected chi connectivity index (χ3v) is 2.60. The number of hydrogen-bond donors (Lipinski definition) is 0. The lowest BCUT2D eigenvalue weighted by Crippen LogP contribution is -2.01. The Balaban J connectivity index is 2.38. The lowest BCUT2D eigenvalue weighted by atomic mass is 10.0. The molecule has 0 fully saturated rings. The fourth-order valence-electron chi connectivity index (χ4n) is 1.62. The highest BCUT2D eigenvalue weighted by Crippen LogP contribution is 2.17. The van der Waals surface area contributed by atoms with Gasteiger partial charge < -0.3 is 0 Å². The van der Waals surface area contributed by atoms with Crippen molar-refractivity contribution >= 4 is 6.29 Å². The third kappa shape index (κ3) is 1.89. The van der Waals surface area contributed by atoms with Gasteiger partial charge in [0.25, 0.3) is 0 Å². The molecule has 1 aromatic carbocycles. The van der Waals surface area contributed by atoms with Gasteiger partial charge in [-0.2, -0.15) is 5.10 Å². The van der Waals surface area contributed by atoms with Crippen LogP contribution in [0.3, 0.4) is 0 Å². The van der Waals surface area contributed by atoms with Crippen LogP contribution in [0.15, 0.2) is 36.5 Å². The first-order chi connectivity index (χ1) is 7.72. The molecule has 0 aliphatic heterocycles. The van der Waals surface area contributed by atoms with E-state index in [1.165, 1.54) is 5.56 Å². The smallest absolute Gasteiger partial charge is 0.168 e. The molecule has 2 rings (SSSR count). The van der Waals surface area contributed by atoms with E-state index in [0.717, 1.165) is 12.0 Å². The highest BCUT2D eigenvalue weighted by molar-refractivity contribution is 5.73. The zero-order valence-corrected chi connectivity index (χ0v) is 9.42. The summed E-state index contributed by atoms with van der Waals surface area (Å²) in [7, 11) is 0. The average Bonchev–Trinajstić information content (AvgIpc) is 2.77. The zero-order valence-electron chi connectivity index (χ0n) is 9.42. The van der Waals surface area contributed by atoms with Crippen LogP contribution < -0.4 is 0 Å². The molecule has 0 radical (unpaired) electrons. The minimum atomic E-state index is 0.511. The van der Waals surface area contributed by atoms with Gasteiger partial charge >= 0.3 is 0 Å². The highest BCUT2D eigenvalue weighted by atomic mass is 16.1. The molecule has 0 amide bonds. The topological polar surface area (TPSA) is 34.9 Å². The van der Waals surface area contributed by atoms with Gasteiger partial charge in [-0.25, -0.2) is 4.68 Å². The average molecular weight is 214 g/mol. The van der Waals surface area contributed by atoms with Crippen LogP contribution in [0.1, 0.15) is 35.8 Å². The lowest BCUT2D eigenvalue weighted by molar-refractivity contribution is 0.111. The van der Waals surface area contributed by atoms with Crippen molar-refractivity contribution in [2.75, 3.05) is 0 Å². The molecule has 0 unspecified atom stereocenters. The molecule has 2 aromatic rings. The van der Waals surface area contributed by atoms with E-state index in [1.54, 1.807) is 16.9 Å². The number of benzene rings is 1. The second-order valence-electron chi connectivity index (χ2n) is 4.03. The Morgan fingerprint density at radius 3 is 2.44 bits per heavy atom. The van der Waals surface area contributed by atoms with Gasteiger partial charge in [-0.05, 0) is 29.7 Å². The van der Waals surface area contributed by atoms with Crippen molar-refractivity contribution in [2.45, 2.75) is 19.8 Å². The monoisotopic (exact) mass is 214 g/mol. The van der Waals surface area contributed by atoms with Crippen LogP contribution in [-0.4, -0.2) is 16.1 Å². The molecule has 0 bridgehead atoms. The second kappa shape index (κ2) is 4.31. The van der Waals surface area contributed by atoms with Crippen molar-refractivity contribution in [3.05, 3.63) is 47.8 Å². The van der Waals surface area contributed by atoms with E-state index in [4.69, 9.17) is 0 Å². The summed E-state index contributed by atoms with van der Waals surface area (Å²) in [6.45, 7) is 4.31. The summed E-state index contributed by atoms with van der Waals surface area (Å²) in [5.41, 5.74) is 2.76. The van der Waals surface area contributed by atoms with E-state index in [0.29, 0.717) is 11.6 Å². The number of aldehydes is 1. The molecule has 0 saturated carbocycles. The summed E-state index contributed by atoms with van der Waals surface area (Å²) >= 11 is 0. The second-order valence-corrected chi connectivity index (χ2v) is 4.03. The summed E-state index contributed by atoms with van der Waals surface area (Å²) < 4.78 is 1.64. The van der Waals surface area contributed by atoms with Crippen molar-refractivity contribution in [3.63, 3.8) is 0 Å². The Bertz CT molecular complexity index is 483. The Morgan fingerprint density at radius 2 is 1.88 bits per heavy atom. The number of carbonyl (C=O) groups excluding carboxylic acids is 1. The molecule has 0 N–H and O–H groups in total. The van der Waals surface area contributed by atoms with Gasteiger partial charge in [0.15, 0.2) is 6.29 Å². The molecule has 16 heavy (non-hydrogen) atoms. The highest BCUT2D eigenvalue weighted by Gasteiger charge is 2.04. The van der Waals surface area contributed by atoms with Crippen molar-refractivity contribution in [3.8, 4) is 5.69 Å². The summed E-state index contributed by atoms with van der Waals surface area (Å²) in [4.78, 5) is 10.8. The maximum absolute atomic E-state index is 10.8. The largest absolute Gasteiger partial charge is 0.296 e. The molecule has 1 aromatic heterocycles. The van der Waals surface area contributed by atoms with Crippen molar-refractivity contribution in [1.29, 1.82) is 0 Å². The molecular weight excluding hydrogens is 200 g/mol. The third-order valence-electron chi connectivity index (χ3n) is 2.60. The number of rotatable bonds is 3. The van der Waals surface area contributed by atoms with E-state index in [1.807, 2.05) is 12.1 Å². The fourth-order valence-corrected chi connectivity index (χ4v) is 1.62. The first kappa shape index (κ1) is 10.6. The van der Waals surface area contributed by atoms with E-state index >= 15 is 0 Å². The first-order valence-corrected chi connectivity index (χ1v) is 5.32. The lowest BCUT2D eigenvalue weighted by Gasteiger charge is -2.07. The van der Waals surface area contributed by atoms with Crippen LogP contribution >= 0.6 is 0 Å². The molecule has 1 heterocycles. The number of aromatic nitrogens is 2. The normalized spacial score (nSPS) is 10.7. The summed E-state index contributed by atoms with van der Waals surface area (Å²) in [6.07, 6.45) is 2.43. The molecule has 3 heteroatoms. The maximum atomic E-state index is 10.8. The van der Waals surface area contributed by atoms with Crippen LogP contribution in [0.4, 0.5) is 0 Å². The van der Waals surface area contributed by atoms with Gasteiger partial charge in [-0.15, -0.1) is 0 Å². The molecule has 0 aliphatic rings. The molecule has 0 saturated heterocycles. The standard InChI is InChI=1S/C13H14N2O/c1-10(2)11-3-5-12(6-4-11)15-13(9-16)7-8-14-15/h3-10H,1-2H3. The van der Waals surface area contributed by atoms with Crippen molar-refractivity contribution in [1.82, 2.24) is 9.78 Å². The van der Waals surface area contributed by atoms with E-state index < -0.39 is 0 Å². The minimum absolute atomic E-state index is 0.511. The molecular formula is C13H14N2O. The summed E-state index contributed by atoms with van der Waals surface area (Å²) in [6, 6.07) is 9.79. The molecule has 82 valence electrons. The predicted molar refractivity (Wildman–Crippen MR) is 63.0 cm³/mol. The minimum Gasteiger partial charge on any atom is -0.296 e. The van der Waals surface area contributed by atoms with Gasteiger partial charge in [-0.1, -0.05) is 26.0 Å². The van der Waals surface area contributed by atoms with Crippen LogP contribution in [0.5, 0.6) is 0 Å². The van der Waals surface area contributed by atoms with Gasteiger partial charge in [0.05, 0.1) is 11.9 Å². The predicted octanol–water partition coefficient (Wildman–Crippen LogP) is 2.81. The molecule has 3 nitrogen and oxygen atoms in total. The Morgan fingerprint density at radius 1 is 1.19 bits per heavy atom. The van der Waals surface area contributed by atoms with E-state index in [2.05, 4.69) is 31.1 Å². The summed E-state index contributed by atoms with van der Waals surface area (Å²) in [5, 5.41) is 4.12. The Kier molecular flexibility index (Phi) is 2.86. The van der Waals surface area contributed by atoms with Gasteiger partial charge in [0, 0.05) is 0 Å². The van der Waals surface area contributed by atoms with Crippen LogP contribution in [-0.2, 0) is 0 Å². The van der Waals surface area contributed by atoms with Gasteiger partial charge in [0.2, 0.25) is 0 Å². The molecule has 0 atom stereocenters. The Labute approximate surface area is 94.7 Å². The van der Waals surface area contributed by atoms with Gasteiger partial charge in [0.1, 0.15) is 5.69 Å².